The van der Waals surface area contributed by atoms with Crippen molar-refractivity contribution >= 4 is 23.2 Å². The van der Waals surface area contributed by atoms with Gasteiger partial charge in [0.05, 0.1) is 16.7 Å². The van der Waals surface area contributed by atoms with Gasteiger partial charge in [0.25, 0.3) is 11.6 Å². The molecule has 1 aliphatic rings. The quantitative estimate of drug-likeness (QED) is 0.330. The van der Waals surface area contributed by atoms with Gasteiger partial charge in [0.2, 0.25) is 0 Å². The van der Waals surface area contributed by atoms with Crippen molar-refractivity contribution in [2.24, 2.45) is 0 Å². The lowest BCUT2D eigenvalue weighted by atomic mass is 9.95. The van der Waals surface area contributed by atoms with Crippen molar-refractivity contribution in [2.45, 2.75) is 12.6 Å². The number of hydrogen-bond donors (Lipinski definition) is 1. The van der Waals surface area contributed by atoms with Gasteiger partial charge in [-0.15, -0.1) is 0 Å². The Hall–Kier alpha value is -3.97. The summed E-state index contributed by atoms with van der Waals surface area (Å²) in [5, 5.41) is 19.1. The van der Waals surface area contributed by atoms with Gasteiger partial charge < -0.3 is 4.90 Å². The van der Waals surface area contributed by atoms with Crippen molar-refractivity contribution in [2.75, 3.05) is 0 Å². The van der Waals surface area contributed by atoms with E-state index in [1.54, 1.807) is 29.2 Å². The Labute approximate surface area is 188 Å². The number of aromatic amines is 1. The molecule has 0 spiro atoms. The van der Waals surface area contributed by atoms with Crippen molar-refractivity contribution in [1.82, 2.24) is 15.1 Å². The summed E-state index contributed by atoms with van der Waals surface area (Å²) in [5.74, 6) is -0.173. The molecule has 1 atom stereocenters. The second-order valence-corrected chi connectivity index (χ2v) is 7.97. The van der Waals surface area contributed by atoms with E-state index < -0.39 is 11.0 Å². The number of rotatable bonds is 5. The number of benzene rings is 3. The molecule has 1 amide bonds. The minimum Gasteiger partial charge on any atom is -0.322 e. The summed E-state index contributed by atoms with van der Waals surface area (Å²) in [6.07, 6.45) is 0. The van der Waals surface area contributed by atoms with Gasteiger partial charge >= 0.3 is 0 Å². The summed E-state index contributed by atoms with van der Waals surface area (Å²) in [6, 6.07) is 22.8. The monoisotopic (exact) mass is 444 g/mol. The second-order valence-electron chi connectivity index (χ2n) is 7.54. The summed E-state index contributed by atoms with van der Waals surface area (Å²) < 4.78 is 0. The molecule has 0 bridgehead atoms. The number of amides is 1. The van der Waals surface area contributed by atoms with Crippen molar-refractivity contribution < 1.29 is 9.72 Å². The third kappa shape index (κ3) is 3.42. The van der Waals surface area contributed by atoms with Crippen molar-refractivity contribution in [3.05, 3.63) is 116 Å². The molecule has 0 saturated heterocycles. The van der Waals surface area contributed by atoms with Gasteiger partial charge in [-0.1, -0.05) is 54.1 Å². The lowest BCUT2D eigenvalue weighted by Crippen LogP contribution is -2.29. The van der Waals surface area contributed by atoms with Crippen molar-refractivity contribution in [3.8, 4) is 11.3 Å². The molecule has 8 heteroatoms. The summed E-state index contributed by atoms with van der Waals surface area (Å²) in [7, 11) is 0. The summed E-state index contributed by atoms with van der Waals surface area (Å²) in [6.45, 7) is 0.356. The van der Waals surface area contributed by atoms with E-state index in [0.717, 1.165) is 22.3 Å². The molecule has 1 N–H and O–H groups in total. The average molecular weight is 445 g/mol. The Balaban J connectivity index is 1.63. The van der Waals surface area contributed by atoms with Gasteiger partial charge in [0.15, 0.2) is 0 Å². The minimum atomic E-state index is -0.442. The lowest BCUT2D eigenvalue weighted by molar-refractivity contribution is -0.384. The molecule has 1 unspecified atom stereocenters. The van der Waals surface area contributed by atoms with Crippen LogP contribution in [0.15, 0.2) is 78.9 Å². The van der Waals surface area contributed by atoms with E-state index in [9.17, 15) is 14.9 Å². The van der Waals surface area contributed by atoms with Crippen LogP contribution >= 0.6 is 11.6 Å². The SMILES string of the molecule is O=C1c2[nH]nc(-c3ccccc3)c2C(c2ccc([N+](=O)[O-])cc2)N1Cc1ccc(Cl)cc1. The summed E-state index contributed by atoms with van der Waals surface area (Å²) in [4.78, 5) is 25.8. The van der Waals surface area contributed by atoms with Crippen LogP contribution in [0.2, 0.25) is 5.02 Å². The van der Waals surface area contributed by atoms with Crippen LogP contribution < -0.4 is 0 Å². The van der Waals surface area contributed by atoms with E-state index in [4.69, 9.17) is 11.6 Å². The third-order valence-electron chi connectivity index (χ3n) is 5.60. The molecular formula is C24H17ClN4O3. The number of hydrogen-bond acceptors (Lipinski definition) is 4. The first-order chi connectivity index (χ1) is 15.5. The molecule has 3 aromatic carbocycles. The number of nitrogens with zero attached hydrogens (tertiary/aromatic N) is 3. The molecule has 1 aliphatic heterocycles. The van der Waals surface area contributed by atoms with Gasteiger partial charge in [0, 0.05) is 34.8 Å². The van der Waals surface area contributed by atoms with Crippen LogP contribution in [-0.4, -0.2) is 25.9 Å². The van der Waals surface area contributed by atoms with Crippen LogP contribution in [0.25, 0.3) is 11.3 Å². The maximum Gasteiger partial charge on any atom is 0.273 e. The number of nitro benzene ring substituents is 1. The van der Waals surface area contributed by atoms with E-state index in [1.807, 2.05) is 42.5 Å². The maximum absolute atomic E-state index is 13.4. The van der Waals surface area contributed by atoms with Crippen LogP contribution in [0.1, 0.15) is 33.2 Å². The fraction of sp³-hybridized carbons (Fsp3) is 0.0833. The number of nitro groups is 1. The average Bonchev–Trinajstić information content (AvgIpc) is 3.35. The topological polar surface area (TPSA) is 92.1 Å². The van der Waals surface area contributed by atoms with Gasteiger partial charge in [-0.2, -0.15) is 5.10 Å². The van der Waals surface area contributed by atoms with E-state index in [2.05, 4.69) is 10.2 Å². The molecule has 2 heterocycles. The highest BCUT2D eigenvalue weighted by atomic mass is 35.5. The number of fused-ring (bicyclic) bond motifs is 1. The predicted molar refractivity (Wildman–Crippen MR) is 120 cm³/mol. The molecule has 0 radical (unpaired) electrons. The summed E-state index contributed by atoms with van der Waals surface area (Å²) in [5.41, 5.74) is 4.47. The molecule has 0 fully saturated rings. The Morgan fingerprint density at radius 3 is 2.34 bits per heavy atom. The Morgan fingerprint density at radius 1 is 1.00 bits per heavy atom. The van der Waals surface area contributed by atoms with Gasteiger partial charge in [-0.25, -0.2) is 0 Å². The molecular weight excluding hydrogens is 428 g/mol. The maximum atomic E-state index is 13.4. The van der Waals surface area contributed by atoms with E-state index in [0.29, 0.717) is 23.0 Å². The number of H-pyrrole nitrogens is 1. The molecule has 4 aromatic rings. The fourth-order valence-corrected chi connectivity index (χ4v) is 4.21. The molecule has 32 heavy (non-hydrogen) atoms. The normalized spacial score (nSPS) is 15.1. The number of non-ortho nitro benzene ring substituents is 1. The fourth-order valence-electron chi connectivity index (χ4n) is 4.09. The number of nitrogens with one attached hydrogen (secondary N) is 1. The van der Waals surface area contributed by atoms with Crippen LogP contribution in [0.4, 0.5) is 5.69 Å². The number of aromatic nitrogens is 2. The zero-order chi connectivity index (χ0) is 22.2. The van der Waals surface area contributed by atoms with E-state index in [-0.39, 0.29) is 11.6 Å². The Kier molecular flexibility index (Phi) is 4.95. The van der Waals surface area contributed by atoms with Crippen molar-refractivity contribution in [3.63, 3.8) is 0 Å². The van der Waals surface area contributed by atoms with Crippen LogP contribution in [-0.2, 0) is 6.54 Å². The molecule has 1 aromatic heterocycles. The third-order valence-corrected chi connectivity index (χ3v) is 5.85. The molecule has 0 aliphatic carbocycles. The standard InChI is InChI=1S/C24H17ClN4O3/c25-18-10-6-15(7-11-18)14-28-23(17-8-12-19(13-9-17)29(31)32)20-21(16-4-2-1-3-5-16)26-27-22(20)24(28)30/h1-13,23H,14H2,(H,26,27). The molecule has 7 nitrogen and oxygen atoms in total. The highest BCUT2D eigenvalue weighted by Gasteiger charge is 2.42. The van der Waals surface area contributed by atoms with Crippen LogP contribution in [0.5, 0.6) is 0 Å². The van der Waals surface area contributed by atoms with Gasteiger partial charge in [-0.3, -0.25) is 20.0 Å². The predicted octanol–water partition coefficient (Wildman–Crippen LogP) is 5.38. The Bertz CT molecular complexity index is 1300. The van der Waals surface area contributed by atoms with Gasteiger partial charge in [-0.05, 0) is 35.4 Å². The molecule has 5 rings (SSSR count). The first-order valence-corrected chi connectivity index (χ1v) is 10.3. The first kappa shape index (κ1) is 20.0. The highest BCUT2D eigenvalue weighted by molar-refractivity contribution is 6.30. The first-order valence-electron chi connectivity index (χ1n) is 9.96. The van der Waals surface area contributed by atoms with Crippen molar-refractivity contribution in [1.29, 1.82) is 0 Å². The van der Waals surface area contributed by atoms with Crippen LogP contribution in [0, 0.1) is 10.1 Å². The smallest absolute Gasteiger partial charge is 0.273 e. The van der Waals surface area contributed by atoms with E-state index in [1.165, 1.54) is 12.1 Å². The van der Waals surface area contributed by atoms with Gasteiger partial charge in [0.1, 0.15) is 5.69 Å². The number of carbonyl (C=O) groups is 1. The minimum absolute atomic E-state index is 0.00183. The second kappa shape index (κ2) is 7.94. The Morgan fingerprint density at radius 2 is 1.69 bits per heavy atom. The molecule has 158 valence electrons. The zero-order valence-electron chi connectivity index (χ0n) is 16.7. The van der Waals surface area contributed by atoms with Crippen LogP contribution in [0.3, 0.4) is 0 Å². The lowest BCUT2D eigenvalue weighted by Gasteiger charge is -2.26. The highest BCUT2D eigenvalue weighted by Crippen LogP contribution is 2.43. The zero-order valence-corrected chi connectivity index (χ0v) is 17.5. The van der Waals surface area contributed by atoms with E-state index >= 15 is 0 Å². The molecule has 0 saturated carbocycles. The summed E-state index contributed by atoms with van der Waals surface area (Å²) >= 11 is 6.02. The number of halogens is 1. The largest absolute Gasteiger partial charge is 0.322 e. The number of carbonyl (C=O) groups excluding carboxylic acids is 1.